The molecule has 166 valence electrons. The van der Waals surface area contributed by atoms with Crippen LogP contribution in [0.4, 0.5) is 0 Å². The summed E-state index contributed by atoms with van der Waals surface area (Å²) in [4.78, 5) is 4.78. The van der Waals surface area contributed by atoms with E-state index < -0.39 is 10.0 Å². The molecule has 0 bridgehead atoms. The monoisotopic (exact) mass is 447 g/mol. The van der Waals surface area contributed by atoms with Crippen molar-refractivity contribution >= 4 is 10.0 Å². The number of aromatic amines is 1. The molecule has 1 N–H and O–H groups in total. The quantitative estimate of drug-likeness (QED) is 0.612. The first-order valence-electron chi connectivity index (χ1n) is 9.93. The molecule has 1 aliphatic rings. The van der Waals surface area contributed by atoms with Gasteiger partial charge in [0.1, 0.15) is 4.90 Å². The zero-order valence-corrected chi connectivity index (χ0v) is 18.7. The van der Waals surface area contributed by atoms with Crippen molar-refractivity contribution in [1.29, 1.82) is 0 Å². The number of H-pyrrole nitrogens is 1. The van der Waals surface area contributed by atoms with E-state index in [1.807, 2.05) is 6.07 Å². The van der Waals surface area contributed by atoms with E-state index in [1.165, 1.54) is 4.31 Å². The van der Waals surface area contributed by atoms with Gasteiger partial charge < -0.3 is 14.0 Å². The smallest absolute Gasteiger partial charge is 0.246 e. The second-order valence-electron chi connectivity index (χ2n) is 7.49. The first kappa shape index (κ1) is 21.3. The Morgan fingerprint density at radius 3 is 2.65 bits per heavy atom. The van der Waals surface area contributed by atoms with Crippen molar-refractivity contribution in [2.45, 2.75) is 37.5 Å². The Morgan fingerprint density at radius 1 is 1.19 bits per heavy atom. The van der Waals surface area contributed by atoms with Crippen molar-refractivity contribution in [3.05, 3.63) is 35.5 Å². The summed E-state index contributed by atoms with van der Waals surface area (Å²) in [5, 5.41) is 10.9. The van der Waals surface area contributed by atoms with Gasteiger partial charge in [-0.05, 0) is 44.9 Å². The maximum atomic E-state index is 13.2. The molecule has 1 aliphatic heterocycles. The molecule has 1 saturated heterocycles. The highest BCUT2D eigenvalue weighted by atomic mass is 32.2. The van der Waals surface area contributed by atoms with Crippen LogP contribution in [0.15, 0.2) is 27.6 Å². The Kier molecular flexibility index (Phi) is 5.71. The molecule has 0 amide bonds. The van der Waals surface area contributed by atoms with E-state index >= 15 is 0 Å². The average Bonchev–Trinajstić information content (AvgIpc) is 3.40. The lowest BCUT2D eigenvalue weighted by molar-refractivity contribution is 0.265. The Hall–Kier alpha value is -2.92. The normalized spacial score (nSPS) is 17.6. The lowest BCUT2D eigenvalue weighted by Gasteiger charge is -2.30. The van der Waals surface area contributed by atoms with Crippen LogP contribution in [0.5, 0.6) is 11.5 Å². The van der Waals surface area contributed by atoms with Crippen LogP contribution in [-0.4, -0.2) is 60.4 Å². The van der Waals surface area contributed by atoms with E-state index in [4.69, 9.17) is 14.0 Å². The van der Waals surface area contributed by atoms with Gasteiger partial charge in [0.05, 0.1) is 31.5 Å². The van der Waals surface area contributed by atoms with Crippen LogP contribution in [0, 0.1) is 13.8 Å². The van der Waals surface area contributed by atoms with Crippen LogP contribution < -0.4 is 9.47 Å². The highest BCUT2D eigenvalue weighted by Gasteiger charge is 2.35. The molecule has 10 nitrogen and oxygen atoms in total. The van der Waals surface area contributed by atoms with Gasteiger partial charge in [0.15, 0.2) is 11.5 Å². The second kappa shape index (κ2) is 8.31. The molecule has 1 fully saturated rings. The number of nitrogens with zero attached hydrogens (tertiary/aromatic N) is 4. The molecular formula is C20H25N5O5S. The highest BCUT2D eigenvalue weighted by molar-refractivity contribution is 7.89. The summed E-state index contributed by atoms with van der Waals surface area (Å²) in [6.45, 7) is 4.12. The van der Waals surface area contributed by atoms with Crippen molar-refractivity contribution in [3.8, 4) is 22.9 Å². The molecule has 0 aliphatic carbocycles. The fourth-order valence-corrected chi connectivity index (χ4v) is 5.76. The van der Waals surface area contributed by atoms with Crippen LogP contribution in [0.3, 0.4) is 0 Å². The van der Waals surface area contributed by atoms with Crippen LogP contribution in [-0.2, 0) is 10.0 Å². The van der Waals surface area contributed by atoms with E-state index in [2.05, 4.69) is 20.3 Å². The lowest BCUT2D eigenvalue weighted by atomic mass is 10.00. The molecule has 1 unspecified atom stereocenters. The number of rotatable bonds is 6. The van der Waals surface area contributed by atoms with Crippen molar-refractivity contribution in [3.63, 3.8) is 0 Å². The van der Waals surface area contributed by atoms with Crippen LogP contribution in [0.2, 0.25) is 0 Å². The van der Waals surface area contributed by atoms with E-state index in [-0.39, 0.29) is 17.4 Å². The number of hydrogen-bond donors (Lipinski definition) is 1. The number of sulfonamides is 1. The minimum atomic E-state index is -3.66. The zero-order valence-electron chi connectivity index (χ0n) is 17.9. The molecule has 0 radical (unpaired) electrons. The standard InChI is InChI=1S/C20H25N5O5S/c1-12-18(13(2)23-22-12)31(26,27)25-9-5-6-15(11-25)20-21-19(24-30-20)14-7-8-16(28-3)17(10-14)29-4/h7-8,10,15H,5-6,9,11H2,1-4H3,(H,22,23). The molecule has 2 aromatic heterocycles. The molecule has 0 spiro atoms. The van der Waals surface area contributed by atoms with Gasteiger partial charge in [0.2, 0.25) is 21.7 Å². The molecule has 4 rings (SSSR count). The number of piperidine rings is 1. The fraction of sp³-hybridized carbons (Fsp3) is 0.450. The predicted molar refractivity (Wildman–Crippen MR) is 112 cm³/mol. The van der Waals surface area contributed by atoms with Gasteiger partial charge in [-0.2, -0.15) is 14.4 Å². The van der Waals surface area contributed by atoms with Crippen molar-refractivity contribution < 1.29 is 22.4 Å². The SMILES string of the molecule is COc1ccc(-c2noc(C3CCCN(S(=O)(=O)c4c(C)n[nH]c4C)C3)n2)cc1OC. The number of aryl methyl sites for hydroxylation is 2. The van der Waals surface area contributed by atoms with Crippen molar-refractivity contribution in [1.82, 2.24) is 24.6 Å². The summed E-state index contributed by atoms with van der Waals surface area (Å²) in [5.74, 6) is 1.82. The summed E-state index contributed by atoms with van der Waals surface area (Å²) < 4.78 is 44.0. The van der Waals surface area contributed by atoms with Crippen molar-refractivity contribution in [2.75, 3.05) is 27.3 Å². The maximum absolute atomic E-state index is 13.2. The van der Waals surface area contributed by atoms with Crippen LogP contribution >= 0.6 is 0 Å². The second-order valence-corrected chi connectivity index (χ2v) is 9.37. The van der Waals surface area contributed by atoms with Gasteiger partial charge in [-0.3, -0.25) is 5.10 Å². The van der Waals surface area contributed by atoms with E-state index in [9.17, 15) is 8.42 Å². The molecule has 0 saturated carbocycles. The maximum Gasteiger partial charge on any atom is 0.246 e. The topological polar surface area (TPSA) is 123 Å². The molecule has 3 aromatic rings. The Bertz CT molecular complexity index is 1170. The lowest BCUT2D eigenvalue weighted by Crippen LogP contribution is -2.39. The first-order valence-corrected chi connectivity index (χ1v) is 11.4. The van der Waals surface area contributed by atoms with Gasteiger partial charge in [0.25, 0.3) is 0 Å². The predicted octanol–water partition coefficient (Wildman–Crippen LogP) is 2.66. The average molecular weight is 448 g/mol. The van der Waals surface area contributed by atoms with Gasteiger partial charge in [0, 0.05) is 18.7 Å². The Balaban J connectivity index is 1.57. The number of methoxy groups -OCH3 is 2. The summed E-state index contributed by atoms with van der Waals surface area (Å²) in [7, 11) is -0.536. The zero-order chi connectivity index (χ0) is 22.2. The largest absolute Gasteiger partial charge is 0.493 e. The van der Waals surface area contributed by atoms with E-state index in [0.29, 0.717) is 47.6 Å². The molecule has 11 heteroatoms. The minimum Gasteiger partial charge on any atom is -0.493 e. The van der Waals surface area contributed by atoms with Crippen LogP contribution in [0.1, 0.15) is 36.0 Å². The highest BCUT2D eigenvalue weighted by Crippen LogP contribution is 2.34. The molecule has 1 atom stereocenters. The Labute approximate surface area is 180 Å². The molecule has 1 aromatic carbocycles. The van der Waals surface area contributed by atoms with Gasteiger partial charge in [-0.15, -0.1) is 0 Å². The minimum absolute atomic E-state index is 0.183. The summed E-state index contributed by atoms with van der Waals surface area (Å²) in [5.41, 5.74) is 1.72. The Morgan fingerprint density at radius 2 is 1.97 bits per heavy atom. The van der Waals surface area contributed by atoms with Gasteiger partial charge >= 0.3 is 0 Å². The summed E-state index contributed by atoms with van der Waals surface area (Å²) in [6.07, 6.45) is 1.47. The molecule has 3 heterocycles. The molecular weight excluding hydrogens is 422 g/mol. The number of ether oxygens (including phenoxy) is 2. The first-order chi connectivity index (χ1) is 14.8. The third kappa shape index (κ3) is 3.90. The molecule has 31 heavy (non-hydrogen) atoms. The third-order valence-corrected chi connectivity index (χ3v) is 7.60. The summed E-state index contributed by atoms with van der Waals surface area (Å²) in [6, 6.07) is 5.36. The fourth-order valence-electron chi connectivity index (χ4n) is 3.91. The van der Waals surface area contributed by atoms with E-state index in [1.54, 1.807) is 40.2 Å². The van der Waals surface area contributed by atoms with Crippen molar-refractivity contribution in [2.24, 2.45) is 0 Å². The third-order valence-electron chi connectivity index (χ3n) is 5.48. The van der Waals surface area contributed by atoms with Gasteiger partial charge in [-0.25, -0.2) is 8.42 Å². The van der Waals surface area contributed by atoms with Gasteiger partial charge in [-0.1, -0.05) is 5.16 Å². The summed E-state index contributed by atoms with van der Waals surface area (Å²) >= 11 is 0. The van der Waals surface area contributed by atoms with E-state index in [0.717, 1.165) is 12.0 Å². The van der Waals surface area contributed by atoms with Crippen LogP contribution in [0.25, 0.3) is 11.4 Å². The number of hydrogen-bond acceptors (Lipinski definition) is 8. The number of benzene rings is 1. The number of nitrogens with one attached hydrogen (secondary N) is 1. The number of aromatic nitrogens is 4.